The van der Waals surface area contributed by atoms with Gasteiger partial charge in [0.2, 0.25) is 0 Å². The molecule has 0 saturated heterocycles. The minimum atomic E-state index is 0.747. The third-order valence-corrected chi connectivity index (χ3v) is 2.13. The van der Waals surface area contributed by atoms with E-state index in [4.69, 9.17) is 9.15 Å². The fourth-order valence-electron chi connectivity index (χ4n) is 1.46. The first-order chi connectivity index (χ1) is 6.83. The number of rotatable bonds is 3. The van der Waals surface area contributed by atoms with Crippen LogP contribution in [0.2, 0.25) is 0 Å². The summed E-state index contributed by atoms with van der Waals surface area (Å²) in [6.07, 6.45) is 0. The van der Waals surface area contributed by atoms with E-state index in [0.717, 1.165) is 29.0 Å². The highest BCUT2D eigenvalue weighted by atomic mass is 16.5. The Morgan fingerprint density at radius 3 is 2.93 bits per heavy atom. The zero-order valence-electron chi connectivity index (χ0n) is 8.33. The molecule has 0 saturated carbocycles. The number of hydrogen-bond acceptors (Lipinski definition) is 3. The van der Waals surface area contributed by atoms with Gasteiger partial charge in [-0.25, -0.2) is 0 Å². The van der Waals surface area contributed by atoms with E-state index in [1.807, 2.05) is 31.3 Å². The predicted octanol–water partition coefficient (Wildman–Crippen LogP) is 2.16. The zero-order chi connectivity index (χ0) is 9.97. The van der Waals surface area contributed by atoms with Crippen molar-refractivity contribution in [2.24, 2.45) is 0 Å². The molecule has 0 bridgehead atoms. The molecular formula is C11H13NO2. The molecule has 0 atom stereocenters. The van der Waals surface area contributed by atoms with Crippen LogP contribution in [0.5, 0.6) is 5.75 Å². The molecule has 0 aliphatic rings. The number of nitrogens with one attached hydrogen (secondary N) is 1. The van der Waals surface area contributed by atoms with Gasteiger partial charge in [0.1, 0.15) is 17.1 Å². The molecule has 0 spiro atoms. The zero-order valence-corrected chi connectivity index (χ0v) is 8.33. The lowest BCUT2D eigenvalue weighted by Gasteiger charge is -1.96. The molecule has 0 radical (unpaired) electrons. The monoisotopic (exact) mass is 191 g/mol. The molecule has 14 heavy (non-hydrogen) atoms. The standard InChI is InChI=1S/C11H13NO2/c1-12-7-10-6-8-5-9(13-2)3-4-11(8)14-10/h3-6,12H,7H2,1-2H3. The summed E-state index contributed by atoms with van der Waals surface area (Å²) in [7, 11) is 3.56. The van der Waals surface area contributed by atoms with Crippen molar-refractivity contribution in [2.45, 2.75) is 6.54 Å². The van der Waals surface area contributed by atoms with E-state index in [9.17, 15) is 0 Å². The van der Waals surface area contributed by atoms with Crippen LogP contribution in [0, 0.1) is 0 Å². The van der Waals surface area contributed by atoms with E-state index < -0.39 is 0 Å². The van der Waals surface area contributed by atoms with Crippen LogP contribution >= 0.6 is 0 Å². The molecule has 1 N–H and O–H groups in total. The Labute approximate surface area is 82.7 Å². The number of methoxy groups -OCH3 is 1. The second kappa shape index (κ2) is 3.72. The lowest BCUT2D eigenvalue weighted by molar-refractivity contribution is 0.415. The molecule has 3 nitrogen and oxygen atoms in total. The second-order valence-electron chi connectivity index (χ2n) is 3.15. The van der Waals surface area contributed by atoms with Crippen LogP contribution in [0.4, 0.5) is 0 Å². The Morgan fingerprint density at radius 1 is 1.36 bits per heavy atom. The highest BCUT2D eigenvalue weighted by molar-refractivity contribution is 5.79. The lowest BCUT2D eigenvalue weighted by Crippen LogP contribution is -2.03. The maximum Gasteiger partial charge on any atom is 0.134 e. The summed E-state index contributed by atoms with van der Waals surface area (Å²) in [6.45, 7) is 0.747. The van der Waals surface area contributed by atoms with Crippen LogP contribution in [0.3, 0.4) is 0 Å². The van der Waals surface area contributed by atoms with Crippen LogP contribution in [-0.2, 0) is 6.54 Å². The fraction of sp³-hybridized carbons (Fsp3) is 0.273. The number of fused-ring (bicyclic) bond motifs is 1. The van der Waals surface area contributed by atoms with Crippen molar-refractivity contribution < 1.29 is 9.15 Å². The summed E-state index contributed by atoms with van der Waals surface area (Å²) in [6, 6.07) is 7.81. The van der Waals surface area contributed by atoms with E-state index in [-0.39, 0.29) is 0 Å². The molecule has 0 aliphatic carbocycles. The number of hydrogen-bond donors (Lipinski definition) is 1. The summed E-state index contributed by atoms with van der Waals surface area (Å²) in [4.78, 5) is 0. The highest BCUT2D eigenvalue weighted by Crippen LogP contribution is 2.23. The average Bonchev–Trinajstić information content (AvgIpc) is 2.59. The van der Waals surface area contributed by atoms with Gasteiger partial charge in [-0.3, -0.25) is 0 Å². The first-order valence-corrected chi connectivity index (χ1v) is 4.54. The third kappa shape index (κ3) is 1.59. The summed E-state index contributed by atoms with van der Waals surface area (Å²) >= 11 is 0. The van der Waals surface area contributed by atoms with Gasteiger partial charge in [0.25, 0.3) is 0 Å². The number of benzene rings is 1. The second-order valence-corrected chi connectivity index (χ2v) is 3.15. The highest BCUT2D eigenvalue weighted by Gasteiger charge is 2.03. The maximum atomic E-state index is 5.59. The molecule has 2 aromatic rings. The van der Waals surface area contributed by atoms with Crippen molar-refractivity contribution in [3.05, 3.63) is 30.0 Å². The summed E-state index contributed by atoms with van der Waals surface area (Å²) in [5, 5.41) is 4.13. The largest absolute Gasteiger partial charge is 0.497 e. The minimum Gasteiger partial charge on any atom is -0.497 e. The van der Waals surface area contributed by atoms with Crippen molar-refractivity contribution in [1.29, 1.82) is 0 Å². The van der Waals surface area contributed by atoms with Crippen LogP contribution in [0.25, 0.3) is 11.0 Å². The summed E-state index contributed by atoms with van der Waals surface area (Å²) in [5.41, 5.74) is 0.899. The number of furan rings is 1. The maximum absolute atomic E-state index is 5.59. The van der Waals surface area contributed by atoms with Gasteiger partial charge in [0.05, 0.1) is 13.7 Å². The van der Waals surface area contributed by atoms with Crippen molar-refractivity contribution in [1.82, 2.24) is 5.32 Å². The third-order valence-electron chi connectivity index (χ3n) is 2.13. The SMILES string of the molecule is CNCc1cc2cc(OC)ccc2o1. The van der Waals surface area contributed by atoms with E-state index in [2.05, 4.69) is 5.32 Å². The van der Waals surface area contributed by atoms with Crippen LogP contribution in [0.15, 0.2) is 28.7 Å². The molecule has 1 aromatic heterocycles. The van der Waals surface area contributed by atoms with E-state index in [0.29, 0.717) is 0 Å². The molecule has 0 aliphatic heterocycles. The Morgan fingerprint density at radius 2 is 2.21 bits per heavy atom. The van der Waals surface area contributed by atoms with E-state index >= 15 is 0 Å². The van der Waals surface area contributed by atoms with Crippen LogP contribution in [0.1, 0.15) is 5.76 Å². The number of ether oxygens (including phenoxy) is 1. The Hall–Kier alpha value is -1.48. The van der Waals surface area contributed by atoms with Crippen molar-refractivity contribution in [3.8, 4) is 5.75 Å². The lowest BCUT2D eigenvalue weighted by atomic mass is 10.2. The van der Waals surface area contributed by atoms with Gasteiger partial charge in [-0.05, 0) is 31.3 Å². The van der Waals surface area contributed by atoms with Crippen LogP contribution in [-0.4, -0.2) is 14.2 Å². The van der Waals surface area contributed by atoms with Gasteiger partial charge in [-0.2, -0.15) is 0 Å². The molecule has 74 valence electrons. The first kappa shape index (κ1) is 9.09. The van der Waals surface area contributed by atoms with Crippen LogP contribution < -0.4 is 10.1 Å². The topological polar surface area (TPSA) is 34.4 Å². The van der Waals surface area contributed by atoms with E-state index in [1.165, 1.54) is 0 Å². The van der Waals surface area contributed by atoms with Crippen molar-refractivity contribution >= 4 is 11.0 Å². The quantitative estimate of drug-likeness (QED) is 0.807. The van der Waals surface area contributed by atoms with Gasteiger partial charge >= 0.3 is 0 Å². The van der Waals surface area contributed by atoms with Crippen molar-refractivity contribution in [3.63, 3.8) is 0 Å². The molecule has 1 aromatic carbocycles. The Bertz CT molecular complexity index is 434. The normalized spacial score (nSPS) is 10.7. The first-order valence-electron chi connectivity index (χ1n) is 4.54. The summed E-state index contributed by atoms with van der Waals surface area (Å²) in [5.74, 6) is 1.80. The Kier molecular flexibility index (Phi) is 2.41. The van der Waals surface area contributed by atoms with Gasteiger partial charge in [0.15, 0.2) is 0 Å². The molecular weight excluding hydrogens is 178 g/mol. The van der Waals surface area contributed by atoms with Gasteiger partial charge in [-0.1, -0.05) is 0 Å². The van der Waals surface area contributed by atoms with Crippen molar-refractivity contribution in [2.75, 3.05) is 14.2 Å². The van der Waals surface area contributed by atoms with Gasteiger partial charge < -0.3 is 14.5 Å². The molecule has 0 amide bonds. The molecule has 1 heterocycles. The average molecular weight is 191 g/mol. The smallest absolute Gasteiger partial charge is 0.134 e. The van der Waals surface area contributed by atoms with E-state index in [1.54, 1.807) is 7.11 Å². The molecule has 0 fully saturated rings. The summed E-state index contributed by atoms with van der Waals surface area (Å²) < 4.78 is 10.7. The van der Waals surface area contributed by atoms with Gasteiger partial charge in [0, 0.05) is 5.39 Å². The molecule has 3 heteroatoms. The Balaban J connectivity index is 2.43. The minimum absolute atomic E-state index is 0.747. The fourth-order valence-corrected chi connectivity index (χ4v) is 1.46. The molecule has 0 unspecified atom stereocenters. The predicted molar refractivity (Wildman–Crippen MR) is 55.5 cm³/mol. The molecule has 2 rings (SSSR count). The van der Waals surface area contributed by atoms with Gasteiger partial charge in [-0.15, -0.1) is 0 Å².